The summed E-state index contributed by atoms with van der Waals surface area (Å²) in [4.78, 5) is 14.8. The van der Waals surface area contributed by atoms with Crippen LogP contribution in [-0.2, 0) is 11.2 Å². The molecule has 1 aliphatic rings. The number of morpholine rings is 1. The fourth-order valence-corrected chi connectivity index (χ4v) is 3.01. The summed E-state index contributed by atoms with van der Waals surface area (Å²) in [6.45, 7) is 6.60. The van der Waals surface area contributed by atoms with E-state index in [9.17, 15) is 9.90 Å². The maximum Gasteiger partial charge on any atom is 0.267 e. The van der Waals surface area contributed by atoms with Crippen LogP contribution in [-0.4, -0.2) is 56.9 Å². The second-order valence-electron chi connectivity index (χ2n) is 5.27. The van der Waals surface area contributed by atoms with Crippen LogP contribution < -0.4 is 0 Å². The zero-order chi connectivity index (χ0) is 14.0. The topological polar surface area (TPSA) is 75.6 Å². The highest BCUT2D eigenvalue weighted by Crippen LogP contribution is 2.24. The van der Waals surface area contributed by atoms with E-state index < -0.39 is 5.60 Å². The predicted molar refractivity (Wildman–Crippen MR) is 71.2 cm³/mol. The number of hydrogen-bond acceptors (Lipinski definition) is 6. The van der Waals surface area contributed by atoms with Crippen LogP contribution in [0.3, 0.4) is 0 Å². The minimum atomic E-state index is -0.453. The quantitative estimate of drug-likeness (QED) is 0.885. The number of carbonyl (C=O) groups excluding carboxylic acids is 1. The Labute approximate surface area is 116 Å². The lowest BCUT2D eigenvalue weighted by atomic mass is 10.0. The molecule has 7 heteroatoms. The lowest BCUT2D eigenvalue weighted by molar-refractivity contribution is -0.139. The molecule has 19 heavy (non-hydrogen) atoms. The number of rotatable bonds is 3. The highest BCUT2D eigenvalue weighted by atomic mass is 32.1. The summed E-state index contributed by atoms with van der Waals surface area (Å²) in [5.41, 5.74) is 0.283. The first-order valence-corrected chi connectivity index (χ1v) is 7.13. The third kappa shape index (κ3) is 3.10. The molecule has 1 saturated heterocycles. The van der Waals surface area contributed by atoms with E-state index in [2.05, 4.69) is 9.59 Å². The van der Waals surface area contributed by atoms with E-state index in [1.165, 1.54) is 0 Å². The van der Waals surface area contributed by atoms with Gasteiger partial charge in [0.05, 0.1) is 24.0 Å². The SMILES string of the molecule is CCc1nnsc1C(=O)N1CC(CO)OC(C)(C)C1. The summed E-state index contributed by atoms with van der Waals surface area (Å²) >= 11 is 1.13. The molecule has 6 nitrogen and oxygen atoms in total. The minimum absolute atomic E-state index is 0.0679. The maximum atomic E-state index is 12.5. The first-order chi connectivity index (χ1) is 8.96. The highest BCUT2D eigenvalue weighted by molar-refractivity contribution is 7.08. The van der Waals surface area contributed by atoms with Crippen molar-refractivity contribution < 1.29 is 14.6 Å². The average molecular weight is 285 g/mol. The Balaban J connectivity index is 2.18. The molecule has 0 spiro atoms. The van der Waals surface area contributed by atoms with Gasteiger partial charge in [0.2, 0.25) is 0 Å². The molecule has 1 amide bonds. The number of aliphatic hydroxyl groups excluding tert-OH is 1. The summed E-state index contributed by atoms with van der Waals surface area (Å²) in [7, 11) is 0. The molecular weight excluding hydrogens is 266 g/mol. The van der Waals surface area contributed by atoms with Crippen molar-refractivity contribution in [3.63, 3.8) is 0 Å². The van der Waals surface area contributed by atoms with E-state index in [0.29, 0.717) is 24.4 Å². The lowest BCUT2D eigenvalue weighted by Gasteiger charge is -2.42. The zero-order valence-electron chi connectivity index (χ0n) is 11.4. The molecule has 0 aromatic carbocycles. The number of aliphatic hydroxyl groups is 1. The molecule has 2 heterocycles. The number of ether oxygens (including phenoxy) is 1. The van der Waals surface area contributed by atoms with Crippen LogP contribution in [0.25, 0.3) is 0 Å². The largest absolute Gasteiger partial charge is 0.394 e. The summed E-state index contributed by atoms with van der Waals surface area (Å²) in [6.07, 6.45) is 0.355. The van der Waals surface area contributed by atoms with Gasteiger partial charge in [-0.25, -0.2) is 0 Å². The monoisotopic (exact) mass is 285 g/mol. The Morgan fingerprint density at radius 3 is 3.00 bits per heavy atom. The Hall–Kier alpha value is -1.05. The molecule has 1 aromatic heterocycles. The van der Waals surface area contributed by atoms with Crippen LogP contribution in [0, 0.1) is 0 Å². The number of aryl methyl sites for hydroxylation is 1. The molecule has 1 aliphatic heterocycles. The van der Waals surface area contributed by atoms with Crippen molar-refractivity contribution in [2.24, 2.45) is 0 Å². The van der Waals surface area contributed by atoms with Gasteiger partial charge in [0.25, 0.3) is 5.91 Å². The van der Waals surface area contributed by atoms with Crippen LogP contribution in [0.1, 0.15) is 36.1 Å². The second-order valence-corrected chi connectivity index (χ2v) is 6.02. The van der Waals surface area contributed by atoms with Gasteiger partial charge in [-0.15, -0.1) is 5.10 Å². The predicted octanol–water partition coefficient (Wildman–Crippen LogP) is 0.712. The number of aromatic nitrogens is 2. The van der Waals surface area contributed by atoms with Gasteiger partial charge in [0.15, 0.2) is 0 Å². The zero-order valence-corrected chi connectivity index (χ0v) is 12.2. The molecule has 0 aliphatic carbocycles. The third-order valence-corrected chi connectivity index (χ3v) is 3.81. The molecular formula is C12H19N3O3S. The fraction of sp³-hybridized carbons (Fsp3) is 0.750. The van der Waals surface area contributed by atoms with Crippen LogP contribution in [0.2, 0.25) is 0 Å². The Morgan fingerprint density at radius 1 is 1.63 bits per heavy atom. The first-order valence-electron chi connectivity index (χ1n) is 6.36. The molecule has 1 fully saturated rings. The molecule has 1 atom stereocenters. The number of carbonyl (C=O) groups is 1. The van der Waals surface area contributed by atoms with Crippen molar-refractivity contribution in [2.75, 3.05) is 19.7 Å². The fourth-order valence-electron chi connectivity index (χ4n) is 2.29. The summed E-state index contributed by atoms with van der Waals surface area (Å²) in [5.74, 6) is -0.0679. The standard InChI is InChI=1S/C12H19N3O3S/c1-4-9-10(19-14-13-9)11(17)15-5-8(6-16)18-12(2,3)7-15/h8,16H,4-7H2,1-3H3. The van der Waals surface area contributed by atoms with Gasteiger partial charge in [-0.1, -0.05) is 11.4 Å². The van der Waals surface area contributed by atoms with Gasteiger partial charge >= 0.3 is 0 Å². The van der Waals surface area contributed by atoms with Gasteiger partial charge in [-0.3, -0.25) is 4.79 Å². The van der Waals surface area contributed by atoms with E-state index in [1.54, 1.807) is 4.90 Å². The molecule has 0 bridgehead atoms. The third-order valence-electron chi connectivity index (χ3n) is 3.06. The summed E-state index contributed by atoms with van der Waals surface area (Å²) in [5, 5.41) is 13.2. The van der Waals surface area contributed by atoms with Gasteiger partial charge in [-0.05, 0) is 31.8 Å². The van der Waals surface area contributed by atoms with E-state index in [4.69, 9.17) is 4.74 Å². The molecule has 106 valence electrons. The minimum Gasteiger partial charge on any atom is -0.394 e. The molecule has 1 aromatic rings. The van der Waals surface area contributed by atoms with E-state index in [0.717, 1.165) is 17.2 Å². The first kappa shape index (κ1) is 14.4. The second kappa shape index (κ2) is 5.52. The highest BCUT2D eigenvalue weighted by Gasteiger charge is 2.36. The van der Waals surface area contributed by atoms with E-state index in [-0.39, 0.29) is 18.6 Å². The number of amides is 1. The number of nitrogens with zero attached hydrogens (tertiary/aromatic N) is 3. The number of hydrogen-bond donors (Lipinski definition) is 1. The summed E-state index contributed by atoms with van der Waals surface area (Å²) in [6, 6.07) is 0. The average Bonchev–Trinajstić information content (AvgIpc) is 2.84. The van der Waals surface area contributed by atoms with Crippen LogP contribution in [0.5, 0.6) is 0 Å². The van der Waals surface area contributed by atoms with Crippen molar-refractivity contribution in [3.8, 4) is 0 Å². The van der Waals surface area contributed by atoms with Crippen molar-refractivity contribution in [1.82, 2.24) is 14.5 Å². The normalized spacial score (nSPS) is 22.5. The van der Waals surface area contributed by atoms with Crippen molar-refractivity contribution >= 4 is 17.4 Å². The molecule has 2 rings (SSSR count). The maximum absolute atomic E-state index is 12.5. The van der Waals surface area contributed by atoms with Crippen LogP contribution in [0.4, 0.5) is 0 Å². The van der Waals surface area contributed by atoms with E-state index in [1.807, 2.05) is 20.8 Å². The molecule has 1 unspecified atom stereocenters. The molecule has 0 saturated carbocycles. The van der Waals surface area contributed by atoms with Crippen molar-refractivity contribution in [1.29, 1.82) is 0 Å². The van der Waals surface area contributed by atoms with E-state index >= 15 is 0 Å². The van der Waals surface area contributed by atoms with Gasteiger partial charge in [0.1, 0.15) is 4.88 Å². The Morgan fingerprint density at radius 2 is 2.37 bits per heavy atom. The van der Waals surface area contributed by atoms with Crippen LogP contribution >= 0.6 is 11.5 Å². The molecule has 1 N–H and O–H groups in total. The lowest BCUT2D eigenvalue weighted by Crippen LogP contribution is -2.55. The van der Waals surface area contributed by atoms with Gasteiger partial charge in [-0.2, -0.15) is 0 Å². The summed E-state index contributed by atoms with van der Waals surface area (Å²) < 4.78 is 9.55. The Kier molecular flexibility index (Phi) is 4.17. The van der Waals surface area contributed by atoms with Crippen LogP contribution in [0.15, 0.2) is 0 Å². The van der Waals surface area contributed by atoms with Gasteiger partial charge < -0.3 is 14.7 Å². The van der Waals surface area contributed by atoms with Crippen molar-refractivity contribution in [2.45, 2.75) is 38.9 Å². The molecule has 0 radical (unpaired) electrons. The smallest absolute Gasteiger partial charge is 0.267 e. The van der Waals surface area contributed by atoms with Crippen molar-refractivity contribution in [3.05, 3.63) is 10.6 Å². The Bertz CT molecular complexity index is 461. The van der Waals surface area contributed by atoms with Gasteiger partial charge in [0, 0.05) is 13.1 Å².